The Morgan fingerprint density at radius 1 is 1.00 bits per heavy atom. The summed E-state index contributed by atoms with van der Waals surface area (Å²) in [4.78, 5) is 24.7. The molecule has 1 aromatic carbocycles. The summed E-state index contributed by atoms with van der Waals surface area (Å²) in [6, 6.07) is 13.5. The Morgan fingerprint density at radius 3 is 2.52 bits per heavy atom. The first-order chi connectivity index (χ1) is 15.2. The third kappa shape index (κ3) is 5.47. The fourth-order valence-corrected chi connectivity index (χ4v) is 3.54. The van der Waals surface area contributed by atoms with Crippen molar-refractivity contribution in [1.29, 1.82) is 5.26 Å². The van der Waals surface area contributed by atoms with E-state index in [1.54, 1.807) is 17.3 Å². The molecule has 1 amide bonds. The molecule has 158 valence electrons. The minimum Gasteiger partial charge on any atom is -0.444 e. The van der Waals surface area contributed by atoms with E-state index in [0.717, 1.165) is 36.5 Å². The monoisotopic (exact) mass is 416 g/mol. The lowest BCUT2D eigenvalue weighted by Gasteiger charge is -2.34. The Balaban J connectivity index is 1.26. The number of nitriles is 1. The van der Waals surface area contributed by atoms with Gasteiger partial charge in [0, 0.05) is 63.4 Å². The van der Waals surface area contributed by atoms with Crippen molar-refractivity contribution in [3.63, 3.8) is 0 Å². The predicted molar refractivity (Wildman–Crippen MR) is 114 cm³/mol. The van der Waals surface area contributed by atoms with E-state index < -0.39 is 0 Å². The van der Waals surface area contributed by atoms with Crippen LogP contribution in [0.15, 0.2) is 61.3 Å². The zero-order chi connectivity index (χ0) is 21.5. The van der Waals surface area contributed by atoms with Crippen molar-refractivity contribution in [1.82, 2.24) is 24.3 Å². The van der Waals surface area contributed by atoms with Crippen LogP contribution in [0, 0.1) is 11.3 Å². The number of hydrogen-bond acceptors (Lipinski definition) is 6. The van der Waals surface area contributed by atoms with E-state index in [1.165, 1.54) is 0 Å². The molecule has 0 aliphatic carbocycles. The number of carbonyl (C=O) groups excluding carboxylic acids is 1. The van der Waals surface area contributed by atoms with Gasteiger partial charge in [-0.15, -0.1) is 0 Å². The van der Waals surface area contributed by atoms with Gasteiger partial charge in [-0.25, -0.2) is 9.78 Å². The van der Waals surface area contributed by atoms with Gasteiger partial charge in [-0.3, -0.25) is 9.88 Å². The summed E-state index contributed by atoms with van der Waals surface area (Å²) in [5.41, 5.74) is 3.79. The fourth-order valence-electron chi connectivity index (χ4n) is 3.54. The Kier molecular flexibility index (Phi) is 6.55. The number of amides is 1. The average Bonchev–Trinajstić information content (AvgIpc) is 3.25. The summed E-state index contributed by atoms with van der Waals surface area (Å²) in [5, 5.41) is 8.94. The van der Waals surface area contributed by atoms with Gasteiger partial charge < -0.3 is 14.2 Å². The number of nitrogens with zero attached hydrogens (tertiary/aromatic N) is 6. The number of hydrogen-bond donors (Lipinski definition) is 0. The second-order valence-electron chi connectivity index (χ2n) is 7.50. The van der Waals surface area contributed by atoms with Gasteiger partial charge in [-0.05, 0) is 23.8 Å². The van der Waals surface area contributed by atoms with E-state index in [9.17, 15) is 4.79 Å². The average molecular weight is 416 g/mol. The minimum absolute atomic E-state index is 0.238. The topological polar surface area (TPSA) is 87.3 Å². The van der Waals surface area contributed by atoms with Crippen LogP contribution in [0.1, 0.15) is 22.4 Å². The largest absolute Gasteiger partial charge is 0.444 e. The highest BCUT2D eigenvalue weighted by atomic mass is 16.6. The molecule has 1 aliphatic heterocycles. The van der Waals surface area contributed by atoms with Crippen molar-refractivity contribution >= 4 is 6.09 Å². The second-order valence-corrected chi connectivity index (χ2v) is 7.50. The molecule has 1 aliphatic rings. The lowest BCUT2D eigenvalue weighted by Crippen LogP contribution is -2.48. The van der Waals surface area contributed by atoms with E-state index in [0.29, 0.717) is 25.2 Å². The third-order valence-electron chi connectivity index (χ3n) is 5.34. The summed E-state index contributed by atoms with van der Waals surface area (Å²) in [7, 11) is 0. The summed E-state index contributed by atoms with van der Waals surface area (Å²) in [6.45, 7) is 4.55. The molecule has 0 radical (unpaired) electrons. The summed E-state index contributed by atoms with van der Waals surface area (Å²) in [6.07, 6.45) is 6.83. The Labute approximate surface area is 181 Å². The maximum absolute atomic E-state index is 12.3. The first-order valence-electron chi connectivity index (χ1n) is 10.2. The van der Waals surface area contributed by atoms with Crippen molar-refractivity contribution in [2.24, 2.45) is 0 Å². The fraction of sp³-hybridized carbons (Fsp3) is 0.304. The normalized spacial score (nSPS) is 14.2. The number of pyridine rings is 1. The molecule has 0 unspecified atom stereocenters. The van der Waals surface area contributed by atoms with Gasteiger partial charge in [0.2, 0.25) is 0 Å². The molecule has 8 nitrogen and oxygen atoms in total. The summed E-state index contributed by atoms with van der Waals surface area (Å²) in [5.74, 6) is 0. The van der Waals surface area contributed by atoms with Crippen LogP contribution in [0.5, 0.6) is 0 Å². The van der Waals surface area contributed by atoms with E-state index in [2.05, 4.69) is 25.5 Å². The molecule has 0 N–H and O–H groups in total. The van der Waals surface area contributed by atoms with Crippen LogP contribution < -0.4 is 0 Å². The van der Waals surface area contributed by atoms with Crippen LogP contribution in [0.4, 0.5) is 4.79 Å². The lowest BCUT2D eigenvalue weighted by atomic mass is 10.1. The van der Waals surface area contributed by atoms with Crippen LogP contribution in [-0.4, -0.2) is 56.6 Å². The molecule has 0 atom stereocenters. The molecule has 4 rings (SSSR count). The Hall–Kier alpha value is -3.70. The van der Waals surface area contributed by atoms with Crippen molar-refractivity contribution in [3.8, 4) is 6.07 Å². The highest BCUT2D eigenvalue weighted by Gasteiger charge is 2.23. The molecule has 1 fully saturated rings. The number of carbonyl (C=O) groups is 1. The Morgan fingerprint density at radius 2 is 1.81 bits per heavy atom. The maximum Gasteiger partial charge on any atom is 0.410 e. The van der Waals surface area contributed by atoms with Crippen LogP contribution in [0.2, 0.25) is 0 Å². The quantitative estimate of drug-likeness (QED) is 0.614. The van der Waals surface area contributed by atoms with Gasteiger partial charge in [-0.2, -0.15) is 5.26 Å². The molecule has 31 heavy (non-hydrogen) atoms. The number of piperazine rings is 1. The minimum atomic E-state index is -0.283. The molecule has 3 aromatic rings. The zero-order valence-corrected chi connectivity index (χ0v) is 17.2. The standard InChI is InChI=1S/C23H24N6O2/c24-12-19-3-5-20(6-4-19)15-29-18-26-14-22(29)16-27-8-10-28(11-9-27)23(30)31-17-21-2-1-7-25-13-21/h1-7,13-14,18H,8-11,15-17H2. The molecule has 8 heteroatoms. The number of rotatable bonds is 6. The molecule has 0 spiro atoms. The van der Waals surface area contributed by atoms with Gasteiger partial charge in [0.05, 0.1) is 23.7 Å². The van der Waals surface area contributed by atoms with Gasteiger partial charge in [-0.1, -0.05) is 18.2 Å². The van der Waals surface area contributed by atoms with Crippen LogP contribution in [0.25, 0.3) is 0 Å². The zero-order valence-electron chi connectivity index (χ0n) is 17.2. The first-order valence-corrected chi connectivity index (χ1v) is 10.2. The van der Waals surface area contributed by atoms with Crippen molar-refractivity contribution < 1.29 is 9.53 Å². The number of benzene rings is 1. The SMILES string of the molecule is N#Cc1ccc(Cn2cncc2CN2CCN(C(=O)OCc3cccnc3)CC2)cc1. The summed E-state index contributed by atoms with van der Waals surface area (Å²) < 4.78 is 7.53. The van der Waals surface area contributed by atoms with Gasteiger partial charge in [0.25, 0.3) is 0 Å². The molecular weight excluding hydrogens is 392 g/mol. The highest BCUT2D eigenvalue weighted by Crippen LogP contribution is 2.13. The van der Waals surface area contributed by atoms with Crippen molar-refractivity contribution in [2.75, 3.05) is 26.2 Å². The van der Waals surface area contributed by atoms with E-state index in [-0.39, 0.29) is 12.7 Å². The molecular formula is C23H24N6O2. The lowest BCUT2D eigenvalue weighted by molar-refractivity contribution is 0.0695. The predicted octanol–water partition coefficient (Wildman–Crippen LogP) is 2.65. The highest BCUT2D eigenvalue weighted by molar-refractivity contribution is 5.67. The molecule has 0 saturated carbocycles. The van der Waals surface area contributed by atoms with Gasteiger partial charge in [0.1, 0.15) is 6.61 Å². The van der Waals surface area contributed by atoms with E-state index in [1.807, 2.05) is 48.9 Å². The molecule has 2 aromatic heterocycles. The Bertz CT molecular complexity index is 1030. The molecule has 0 bridgehead atoms. The smallest absolute Gasteiger partial charge is 0.410 e. The first kappa shape index (κ1) is 20.6. The van der Waals surface area contributed by atoms with E-state index >= 15 is 0 Å². The van der Waals surface area contributed by atoms with Crippen LogP contribution in [0.3, 0.4) is 0 Å². The second kappa shape index (κ2) is 9.87. The number of imidazole rings is 1. The number of aromatic nitrogens is 3. The van der Waals surface area contributed by atoms with E-state index in [4.69, 9.17) is 10.00 Å². The molecule has 1 saturated heterocycles. The van der Waals surface area contributed by atoms with Gasteiger partial charge in [0.15, 0.2) is 0 Å². The van der Waals surface area contributed by atoms with Crippen LogP contribution >= 0.6 is 0 Å². The van der Waals surface area contributed by atoms with Crippen molar-refractivity contribution in [2.45, 2.75) is 19.7 Å². The third-order valence-corrected chi connectivity index (χ3v) is 5.34. The maximum atomic E-state index is 12.3. The van der Waals surface area contributed by atoms with Gasteiger partial charge >= 0.3 is 6.09 Å². The molecule has 3 heterocycles. The van der Waals surface area contributed by atoms with Crippen LogP contribution in [-0.2, 0) is 24.4 Å². The summed E-state index contributed by atoms with van der Waals surface area (Å²) >= 11 is 0. The number of ether oxygens (including phenoxy) is 1. The van der Waals surface area contributed by atoms with Crippen molar-refractivity contribution in [3.05, 3.63) is 83.7 Å².